The third-order valence-electron chi connectivity index (χ3n) is 2.82. The van der Waals surface area contributed by atoms with Crippen molar-refractivity contribution in [2.75, 3.05) is 18.8 Å². The standard InChI is InChI=1S/C12H16BrF3N2/c1-3-18(4-2)7-8-5-9(13)6-10(11(8)17)12(14,15)16/h5-6H,3-4,7,17H2,1-2H3. The molecule has 0 amide bonds. The predicted molar refractivity (Wildman–Crippen MR) is 70.2 cm³/mol. The van der Waals surface area contributed by atoms with Crippen molar-refractivity contribution in [3.8, 4) is 0 Å². The Morgan fingerprint density at radius 2 is 1.78 bits per heavy atom. The summed E-state index contributed by atoms with van der Waals surface area (Å²) in [5.74, 6) is 0. The van der Waals surface area contributed by atoms with Gasteiger partial charge in [-0.1, -0.05) is 29.8 Å². The van der Waals surface area contributed by atoms with E-state index in [9.17, 15) is 13.2 Å². The molecule has 0 aliphatic rings. The monoisotopic (exact) mass is 324 g/mol. The summed E-state index contributed by atoms with van der Waals surface area (Å²) in [5.41, 5.74) is 5.17. The summed E-state index contributed by atoms with van der Waals surface area (Å²) in [6, 6.07) is 2.66. The largest absolute Gasteiger partial charge is 0.418 e. The summed E-state index contributed by atoms with van der Waals surface area (Å²) in [6.45, 7) is 5.87. The smallest absolute Gasteiger partial charge is 0.398 e. The van der Waals surface area contributed by atoms with Gasteiger partial charge in [-0.2, -0.15) is 13.2 Å². The zero-order valence-electron chi connectivity index (χ0n) is 10.3. The Morgan fingerprint density at radius 3 is 2.22 bits per heavy atom. The number of rotatable bonds is 4. The number of nitrogens with two attached hydrogens (primary N) is 1. The van der Waals surface area contributed by atoms with E-state index in [2.05, 4.69) is 15.9 Å². The van der Waals surface area contributed by atoms with Crippen LogP contribution in [-0.4, -0.2) is 18.0 Å². The van der Waals surface area contributed by atoms with E-state index in [1.54, 1.807) is 6.07 Å². The lowest BCUT2D eigenvalue weighted by Gasteiger charge is -2.21. The molecule has 102 valence electrons. The quantitative estimate of drug-likeness (QED) is 0.851. The predicted octanol–water partition coefficient (Wildman–Crippen LogP) is 3.89. The molecule has 0 saturated carbocycles. The van der Waals surface area contributed by atoms with Crippen LogP contribution in [0.5, 0.6) is 0 Å². The number of alkyl halides is 3. The first-order valence-electron chi connectivity index (χ1n) is 5.67. The third-order valence-corrected chi connectivity index (χ3v) is 3.28. The van der Waals surface area contributed by atoms with Crippen LogP contribution in [-0.2, 0) is 12.7 Å². The topological polar surface area (TPSA) is 29.3 Å². The highest BCUT2D eigenvalue weighted by molar-refractivity contribution is 9.10. The molecule has 1 aromatic rings. The van der Waals surface area contributed by atoms with Crippen LogP contribution in [0.3, 0.4) is 0 Å². The lowest BCUT2D eigenvalue weighted by atomic mass is 10.1. The van der Waals surface area contributed by atoms with Crippen LogP contribution in [0.1, 0.15) is 25.0 Å². The van der Waals surface area contributed by atoms with Gasteiger partial charge in [-0.3, -0.25) is 4.90 Å². The molecule has 0 radical (unpaired) electrons. The molecule has 0 saturated heterocycles. The van der Waals surface area contributed by atoms with E-state index in [0.29, 0.717) is 16.6 Å². The molecular weight excluding hydrogens is 309 g/mol. The molecule has 2 N–H and O–H groups in total. The second-order valence-electron chi connectivity index (χ2n) is 3.99. The Balaban J connectivity index is 3.17. The molecule has 18 heavy (non-hydrogen) atoms. The summed E-state index contributed by atoms with van der Waals surface area (Å²) in [4.78, 5) is 2.01. The van der Waals surface area contributed by atoms with Crippen LogP contribution in [0.2, 0.25) is 0 Å². The number of hydrogen-bond donors (Lipinski definition) is 1. The van der Waals surface area contributed by atoms with Crippen molar-refractivity contribution in [1.82, 2.24) is 4.90 Å². The maximum atomic E-state index is 12.8. The molecule has 0 aliphatic carbocycles. The van der Waals surface area contributed by atoms with E-state index >= 15 is 0 Å². The third kappa shape index (κ3) is 3.62. The normalized spacial score (nSPS) is 12.2. The van der Waals surface area contributed by atoms with Crippen LogP contribution < -0.4 is 5.73 Å². The SMILES string of the molecule is CCN(CC)Cc1cc(Br)cc(C(F)(F)F)c1N. The summed E-state index contributed by atoms with van der Waals surface area (Å²) < 4.78 is 38.8. The minimum Gasteiger partial charge on any atom is -0.398 e. The van der Waals surface area contributed by atoms with Crippen LogP contribution >= 0.6 is 15.9 Å². The van der Waals surface area contributed by atoms with E-state index in [1.807, 2.05) is 18.7 Å². The van der Waals surface area contributed by atoms with Crippen molar-refractivity contribution in [2.24, 2.45) is 0 Å². The summed E-state index contributed by atoms with van der Waals surface area (Å²) >= 11 is 3.10. The lowest BCUT2D eigenvalue weighted by molar-refractivity contribution is -0.137. The van der Waals surface area contributed by atoms with Gasteiger partial charge >= 0.3 is 6.18 Å². The molecule has 1 aromatic carbocycles. The van der Waals surface area contributed by atoms with Gasteiger partial charge in [0.15, 0.2) is 0 Å². The van der Waals surface area contributed by atoms with Gasteiger partial charge in [0.05, 0.1) is 5.56 Å². The number of anilines is 1. The van der Waals surface area contributed by atoms with Crippen LogP contribution in [0, 0.1) is 0 Å². The summed E-state index contributed by atoms with van der Waals surface area (Å²) in [7, 11) is 0. The number of halogens is 4. The van der Waals surface area contributed by atoms with Crippen molar-refractivity contribution in [3.63, 3.8) is 0 Å². The fourth-order valence-electron chi connectivity index (χ4n) is 1.73. The van der Waals surface area contributed by atoms with Crippen molar-refractivity contribution < 1.29 is 13.2 Å². The van der Waals surface area contributed by atoms with Gasteiger partial charge in [0, 0.05) is 16.7 Å². The Bertz CT molecular complexity index is 415. The number of nitrogens with zero attached hydrogens (tertiary/aromatic N) is 1. The van der Waals surface area contributed by atoms with Gasteiger partial charge in [-0.15, -0.1) is 0 Å². The highest BCUT2D eigenvalue weighted by Crippen LogP contribution is 2.37. The van der Waals surface area contributed by atoms with E-state index < -0.39 is 11.7 Å². The molecule has 6 heteroatoms. The van der Waals surface area contributed by atoms with E-state index in [-0.39, 0.29) is 5.69 Å². The molecule has 1 rings (SSSR count). The number of benzene rings is 1. The van der Waals surface area contributed by atoms with Crippen molar-refractivity contribution in [2.45, 2.75) is 26.6 Å². The highest BCUT2D eigenvalue weighted by atomic mass is 79.9. The van der Waals surface area contributed by atoms with Crippen LogP contribution in [0.25, 0.3) is 0 Å². The van der Waals surface area contributed by atoms with E-state index in [0.717, 1.165) is 19.2 Å². The number of hydrogen-bond acceptors (Lipinski definition) is 2. The van der Waals surface area contributed by atoms with Crippen molar-refractivity contribution in [3.05, 3.63) is 27.7 Å². The zero-order chi connectivity index (χ0) is 13.9. The second-order valence-corrected chi connectivity index (χ2v) is 4.90. The van der Waals surface area contributed by atoms with Crippen molar-refractivity contribution in [1.29, 1.82) is 0 Å². The summed E-state index contributed by atoms with van der Waals surface area (Å²) in [6.07, 6.45) is -4.42. The summed E-state index contributed by atoms with van der Waals surface area (Å²) in [5, 5.41) is 0. The Kier molecular flexibility index (Phi) is 5.04. The molecule has 0 spiro atoms. The molecule has 2 nitrogen and oxygen atoms in total. The first-order valence-corrected chi connectivity index (χ1v) is 6.46. The van der Waals surface area contributed by atoms with Gasteiger partial charge in [-0.25, -0.2) is 0 Å². The first-order chi connectivity index (χ1) is 8.29. The maximum absolute atomic E-state index is 12.8. The second kappa shape index (κ2) is 5.93. The van der Waals surface area contributed by atoms with Crippen LogP contribution in [0.4, 0.5) is 18.9 Å². The minimum absolute atomic E-state index is 0.183. The molecule has 0 bridgehead atoms. The molecule has 0 unspecified atom stereocenters. The van der Waals surface area contributed by atoms with E-state index in [1.165, 1.54) is 0 Å². The average Bonchev–Trinajstić information content (AvgIpc) is 2.28. The molecule has 0 heterocycles. The van der Waals surface area contributed by atoms with Gasteiger partial charge in [0.1, 0.15) is 0 Å². The first kappa shape index (κ1) is 15.3. The fraction of sp³-hybridized carbons (Fsp3) is 0.500. The van der Waals surface area contributed by atoms with Crippen molar-refractivity contribution >= 4 is 21.6 Å². The number of nitrogen functional groups attached to an aromatic ring is 1. The minimum atomic E-state index is -4.42. The van der Waals surface area contributed by atoms with Gasteiger partial charge in [-0.05, 0) is 30.8 Å². The fourth-order valence-corrected chi connectivity index (χ4v) is 2.23. The Hall–Kier alpha value is -0.750. The molecule has 0 aliphatic heterocycles. The molecular formula is C12H16BrF3N2. The molecule has 0 atom stereocenters. The maximum Gasteiger partial charge on any atom is 0.418 e. The zero-order valence-corrected chi connectivity index (χ0v) is 11.9. The Morgan fingerprint density at radius 1 is 1.22 bits per heavy atom. The molecule has 0 fully saturated rings. The van der Waals surface area contributed by atoms with Crippen LogP contribution in [0.15, 0.2) is 16.6 Å². The van der Waals surface area contributed by atoms with Gasteiger partial charge in [0.2, 0.25) is 0 Å². The van der Waals surface area contributed by atoms with E-state index in [4.69, 9.17) is 5.73 Å². The van der Waals surface area contributed by atoms with Gasteiger partial charge < -0.3 is 5.73 Å². The molecule has 0 aromatic heterocycles. The van der Waals surface area contributed by atoms with Gasteiger partial charge in [0.25, 0.3) is 0 Å². The highest BCUT2D eigenvalue weighted by Gasteiger charge is 2.34. The Labute approximate surface area is 113 Å². The average molecular weight is 325 g/mol. The lowest BCUT2D eigenvalue weighted by Crippen LogP contribution is -2.23.